The summed E-state index contributed by atoms with van der Waals surface area (Å²) < 4.78 is 6.04. The van der Waals surface area contributed by atoms with E-state index >= 15 is 0 Å². The topological polar surface area (TPSA) is 29.5 Å². The average Bonchev–Trinajstić information content (AvgIpc) is 2.94. The van der Waals surface area contributed by atoms with Crippen LogP contribution < -0.4 is 4.74 Å². The normalized spacial score (nSPS) is 15.5. The van der Waals surface area contributed by atoms with Crippen LogP contribution in [-0.4, -0.2) is 30.5 Å². The fourth-order valence-corrected chi connectivity index (χ4v) is 3.15. The van der Waals surface area contributed by atoms with Gasteiger partial charge in [0.1, 0.15) is 5.75 Å². The Hall–Kier alpha value is -1.03. The summed E-state index contributed by atoms with van der Waals surface area (Å²) in [4.78, 5) is 14.7. The monoisotopic (exact) mass is 325 g/mol. The van der Waals surface area contributed by atoms with Gasteiger partial charge in [0.15, 0.2) is 0 Å². The Morgan fingerprint density at radius 1 is 1.42 bits per heavy atom. The lowest BCUT2D eigenvalue weighted by Gasteiger charge is -2.28. The number of methoxy groups -OCH3 is 1. The van der Waals surface area contributed by atoms with Crippen molar-refractivity contribution >= 4 is 21.8 Å². The van der Waals surface area contributed by atoms with Gasteiger partial charge in [0.05, 0.1) is 12.7 Å². The number of carbonyl (C=O) groups excluding carboxylic acids is 1. The molecule has 0 unspecified atom stereocenters. The van der Waals surface area contributed by atoms with E-state index in [4.69, 9.17) is 4.74 Å². The van der Waals surface area contributed by atoms with Crippen LogP contribution in [0.3, 0.4) is 0 Å². The molecule has 1 amide bonds. The molecule has 0 saturated heterocycles. The van der Waals surface area contributed by atoms with Gasteiger partial charge in [0, 0.05) is 17.1 Å². The van der Waals surface area contributed by atoms with Crippen LogP contribution in [0.4, 0.5) is 0 Å². The molecule has 0 radical (unpaired) electrons. The van der Waals surface area contributed by atoms with Crippen molar-refractivity contribution in [3.8, 4) is 5.75 Å². The lowest BCUT2D eigenvalue weighted by molar-refractivity contribution is 0.0692. The molecular weight excluding hydrogens is 306 g/mol. The number of hydrogen-bond donors (Lipinski definition) is 0. The van der Waals surface area contributed by atoms with Crippen LogP contribution in [0.1, 0.15) is 43.0 Å². The lowest BCUT2D eigenvalue weighted by Crippen LogP contribution is -2.38. The first kappa shape index (κ1) is 14.4. The highest BCUT2D eigenvalue weighted by molar-refractivity contribution is 9.10. The summed E-state index contributed by atoms with van der Waals surface area (Å²) in [5, 5.41) is 0. The molecule has 0 bridgehead atoms. The van der Waals surface area contributed by atoms with Gasteiger partial charge in [0.25, 0.3) is 5.91 Å². The summed E-state index contributed by atoms with van der Waals surface area (Å²) in [6.45, 7) is 2.80. The number of hydrogen-bond acceptors (Lipinski definition) is 2. The van der Waals surface area contributed by atoms with Crippen LogP contribution in [0.25, 0.3) is 0 Å². The molecule has 0 heterocycles. The first-order valence-electron chi connectivity index (χ1n) is 6.82. The van der Waals surface area contributed by atoms with Crippen LogP contribution in [0.2, 0.25) is 0 Å². The smallest absolute Gasteiger partial charge is 0.255 e. The molecule has 0 spiro atoms. The number of nitrogens with zero attached hydrogens (tertiary/aromatic N) is 1. The first-order chi connectivity index (χ1) is 9.17. The van der Waals surface area contributed by atoms with Crippen molar-refractivity contribution in [2.24, 2.45) is 0 Å². The second kappa shape index (κ2) is 6.42. The van der Waals surface area contributed by atoms with Gasteiger partial charge in [-0.3, -0.25) is 4.79 Å². The maximum absolute atomic E-state index is 12.7. The zero-order valence-electron chi connectivity index (χ0n) is 11.5. The Bertz CT molecular complexity index is 455. The van der Waals surface area contributed by atoms with Gasteiger partial charge in [-0.1, -0.05) is 12.8 Å². The molecule has 4 heteroatoms. The fraction of sp³-hybridized carbons (Fsp3) is 0.533. The van der Waals surface area contributed by atoms with Gasteiger partial charge in [0.2, 0.25) is 0 Å². The largest absolute Gasteiger partial charge is 0.497 e. The standard InChI is InChI=1S/C15H20BrNO2/c1-3-17(11-6-4-5-7-11)15(18)13-10-12(19-2)8-9-14(13)16/h8-11H,3-7H2,1-2H3. The predicted octanol–water partition coefficient (Wildman–Crippen LogP) is 3.86. The second-order valence-corrected chi connectivity index (χ2v) is 5.73. The van der Waals surface area contributed by atoms with E-state index in [9.17, 15) is 4.79 Å². The Morgan fingerprint density at radius 3 is 2.68 bits per heavy atom. The molecule has 1 saturated carbocycles. The highest BCUT2D eigenvalue weighted by Gasteiger charge is 2.27. The average molecular weight is 326 g/mol. The van der Waals surface area contributed by atoms with Crippen molar-refractivity contribution in [1.82, 2.24) is 4.90 Å². The van der Waals surface area contributed by atoms with E-state index in [1.807, 2.05) is 30.0 Å². The SMILES string of the molecule is CCN(C(=O)c1cc(OC)ccc1Br)C1CCCC1. The fourth-order valence-electron chi connectivity index (χ4n) is 2.73. The van der Waals surface area contributed by atoms with Gasteiger partial charge in [-0.2, -0.15) is 0 Å². The van der Waals surface area contributed by atoms with E-state index in [1.54, 1.807) is 7.11 Å². The van der Waals surface area contributed by atoms with E-state index in [0.29, 0.717) is 17.4 Å². The highest BCUT2D eigenvalue weighted by Crippen LogP contribution is 2.28. The maximum atomic E-state index is 12.7. The van der Waals surface area contributed by atoms with Crippen LogP contribution >= 0.6 is 15.9 Å². The molecule has 1 aliphatic rings. The van der Waals surface area contributed by atoms with E-state index < -0.39 is 0 Å². The molecule has 3 nitrogen and oxygen atoms in total. The van der Waals surface area contributed by atoms with Crippen molar-refractivity contribution in [1.29, 1.82) is 0 Å². The third-order valence-corrected chi connectivity index (χ3v) is 4.46. The van der Waals surface area contributed by atoms with Gasteiger partial charge < -0.3 is 9.64 Å². The molecule has 1 fully saturated rings. The summed E-state index contributed by atoms with van der Waals surface area (Å²) in [5.74, 6) is 0.814. The second-order valence-electron chi connectivity index (χ2n) is 4.88. The number of ether oxygens (including phenoxy) is 1. The zero-order chi connectivity index (χ0) is 13.8. The van der Waals surface area contributed by atoms with Crippen molar-refractivity contribution < 1.29 is 9.53 Å². The van der Waals surface area contributed by atoms with Crippen molar-refractivity contribution in [3.05, 3.63) is 28.2 Å². The molecule has 104 valence electrons. The highest BCUT2D eigenvalue weighted by atomic mass is 79.9. The molecule has 1 aromatic carbocycles. The summed E-state index contributed by atoms with van der Waals surface area (Å²) in [6, 6.07) is 5.93. The lowest BCUT2D eigenvalue weighted by atomic mass is 10.1. The van der Waals surface area contributed by atoms with E-state index in [2.05, 4.69) is 15.9 Å². The van der Waals surface area contributed by atoms with Gasteiger partial charge in [-0.05, 0) is 53.9 Å². The summed E-state index contributed by atoms with van der Waals surface area (Å²) in [6.07, 6.45) is 4.71. The van der Waals surface area contributed by atoms with Gasteiger partial charge in [-0.25, -0.2) is 0 Å². The van der Waals surface area contributed by atoms with Crippen molar-refractivity contribution in [2.45, 2.75) is 38.6 Å². The van der Waals surface area contributed by atoms with Crippen LogP contribution in [0.15, 0.2) is 22.7 Å². The molecule has 1 aromatic rings. The Morgan fingerprint density at radius 2 is 2.11 bits per heavy atom. The van der Waals surface area contributed by atoms with Gasteiger partial charge >= 0.3 is 0 Å². The van der Waals surface area contributed by atoms with Gasteiger partial charge in [-0.15, -0.1) is 0 Å². The number of rotatable bonds is 4. The Balaban J connectivity index is 2.25. The number of halogens is 1. The summed E-state index contributed by atoms with van der Waals surface area (Å²) in [5.41, 5.74) is 0.688. The van der Waals surface area contributed by atoms with Crippen molar-refractivity contribution in [3.63, 3.8) is 0 Å². The number of amides is 1. The Kier molecular flexibility index (Phi) is 4.86. The van der Waals surface area contributed by atoms with Crippen molar-refractivity contribution in [2.75, 3.05) is 13.7 Å². The van der Waals surface area contributed by atoms with Crippen LogP contribution in [-0.2, 0) is 0 Å². The predicted molar refractivity (Wildman–Crippen MR) is 79.7 cm³/mol. The molecule has 19 heavy (non-hydrogen) atoms. The molecule has 2 rings (SSSR count). The Labute approximate surface area is 123 Å². The maximum Gasteiger partial charge on any atom is 0.255 e. The third kappa shape index (κ3) is 3.11. The van der Waals surface area contributed by atoms with E-state index in [1.165, 1.54) is 12.8 Å². The summed E-state index contributed by atoms with van der Waals surface area (Å²) in [7, 11) is 1.62. The molecule has 0 N–H and O–H groups in total. The minimum Gasteiger partial charge on any atom is -0.497 e. The minimum absolute atomic E-state index is 0.0974. The minimum atomic E-state index is 0.0974. The van der Waals surface area contributed by atoms with Crippen LogP contribution in [0.5, 0.6) is 5.75 Å². The third-order valence-electron chi connectivity index (χ3n) is 3.77. The molecule has 0 aromatic heterocycles. The van der Waals surface area contributed by atoms with E-state index in [0.717, 1.165) is 23.9 Å². The quantitative estimate of drug-likeness (QED) is 0.841. The molecular formula is C15H20BrNO2. The molecule has 1 aliphatic carbocycles. The molecule has 0 atom stereocenters. The number of carbonyl (C=O) groups is 1. The zero-order valence-corrected chi connectivity index (χ0v) is 13.1. The summed E-state index contributed by atoms with van der Waals surface area (Å²) >= 11 is 3.46. The number of benzene rings is 1. The van der Waals surface area contributed by atoms with E-state index in [-0.39, 0.29) is 5.91 Å². The van der Waals surface area contributed by atoms with Crippen LogP contribution in [0, 0.1) is 0 Å². The first-order valence-corrected chi connectivity index (χ1v) is 7.61. The molecule has 0 aliphatic heterocycles.